The predicted molar refractivity (Wildman–Crippen MR) is 102 cm³/mol. The van der Waals surface area contributed by atoms with Gasteiger partial charge in [0.15, 0.2) is 5.16 Å². The van der Waals surface area contributed by atoms with Crippen LogP contribution in [-0.4, -0.2) is 42.7 Å². The molecule has 8 nitrogen and oxygen atoms in total. The standard InChI is InChI=1S/C17H18N4O4S2/c1-24-15-4-2-3-13(11-15)21-12-19-20-17(21)26-10-9-25-14-5-7-16(8-6-14)27(18,22)23/h2-8,11-12H,9-10H2,1H3,(H2,18,22,23). The Bertz CT molecular complexity index is 1000. The van der Waals surface area contributed by atoms with Crippen molar-refractivity contribution in [2.24, 2.45) is 5.14 Å². The molecule has 0 unspecified atom stereocenters. The Labute approximate surface area is 161 Å². The van der Waals surface area contributed by atoms with Gasteiger partial charge in [-0.15, -0.1) is 10.2 Å². The van der Waals surface area contributed by atoms with Crippen LogP contribution in [0.1, 0.15) is 0 Å². The Kier molecular flexibility index (Phi) is 5.99. The van der Waals surface area contributed by atoms with E-state index < -0.39 is 10.0 Å². The number of thioether (sulfide) groups is 1. The van der Waals surface area contributed by atoms with Crippen LogP contribution in [-0.2, 0) is 10.0 Å². The van der Waals surface area contributed by atoms with Crippen molar-refractivity contribution in [3.05, 3.63) is 54.9 Å². The highest BCUT2D eigenvalue weighted by Crippen LogP contribution is 2.22. The van der Waals surface area contributed by atoms with E-state index in [1.54, 1.807) is 25.6 Å². The molecular formula is C17H18N4O4S2. The molecule has 0 spiro atoms. The lowest BCUT2D eigenvalue weighted by Gasteiger charge is -2.09. The smallest absolute Gasteiger partial charge is 0.238 e. The van der Waals surface area contributed by atoms with Crippen molar-refractivity contribution >= 4 is 21.8 Å². The first-order valence-electron chi connectivity index (χ1n) is 7.90. The molecule has 0 atom stereocenters. The van der Waals surface area contributed by atoms with Gasteiger partial charge in [0, 0.05) is 11.8 Å². The number of ether oxygens (including phenoxy) is 2. The van der Waals surface area contributed by atoms with E-state index in [2.05, 4.69) is 10.2 Å². The number of sulfonamides is 1. The molecule has 0 amide bonds. The summed E-state index contributed by atoms with van der Waals surface area (Å²) in [5.74, 6) is 1.96. The molecule has 0 radical (unpaired) electrons. The molecule has 0 aliphatic rings. The van der Waals surface area contributed by atoms with Gasteiger partial charge < -0.3 is 9.47 Å². The van der Waals surface area contributed by atoms with Crippen LogP contribution in [0.4, 0.5) is 0 Å². The molecule has 142 valence electrons. The first-order valence-corrected chi connectivity index (χ1v) is 10.4. The zero-order valence-electron chi connectivity index (χ0n) is 14.5. The molecule has 1 heterocycles. The summed E-state index contributed by atoms with van der Waals surface area (Å²) in [6.45, 7) is 0.421. The molecule has 0 aliphatic carbocycles. The maximum absolute atomic E-state index is 11.2. The van der Waals surface area contributed by atoms with Crippen LogP contribution in [0.5, 0.6) is 11.5 Å². The van der Waals surface area contributed by atoms with Crippen LogP contribution in [0.25, 0.3) is 5.69 Å². The van der Waals surface area contributed by atoms with Gasteiger partial charge in [-0.3, -0.25) is 4.57 Å². The molecule has 0 saturated heterocycles. The van der Waals surface area contributed by atoms with Crippen molar-refractivity contribution in [3.8, 4) is 17.2 Å². The fourth-order valence-electron chi connectivity index (χ4n) is 2.28. The van der Waals surface area contributed by atoms with Gasteiger partial charge in [-0.1, -0.05) is 17.8 Å². The number of hydrogen-bond donors (Lipinski definition) is 1. The summed E-state index contributed by atoms with van der Waals surface area (Å²) in [7, 11) is -2.08. The molecule has 10 heteroatoms. The van der Waals surface area contributed by atoms with Crippen molar-refractivity contribution in [1.29, 1.82) is 0 Å². The fourth-order valence-corrected chi connectivity index (χ4v) is 3.54. The van der Waals surface area contributed by atoms with Gasteiger partial charge in [0.2, 0.25) is 10.0 Å². The van der Waals surface area contributed by atoms with Crippen molar-refractivity contribution < 1.29 is 17.9 Å². The molecular weight excluding hydrogens is 388 g/mol. The van der Waals surface area contributed by atoms with Gasteiger partial charge in [0.25, 0.3) is 0 Å². The number of methoxy groups -OCH3 is 1. The number of hydrogen-bond acceptors (Lipinski definition) is 7. The molecule has 0 fully saturated rings. The number of nitrogens with two attached hydrogens (primary N) is 1. The molecule has 2 aromatic carbocycles. The number of nitrogens with zero attached hydrogens (tertiary/aromatic N) is 3. The molecule has 0 aliphatic heterocycles. The number of rotatable bonds is 8. The minimum atomic E-state index is -3.70. The van der Waals surface area contributed by atoms with Crippen molar-refractivity contribution in [2.75, 3.05) is 19.5 Å². The number of aromatic nitrogens is 3. The van der Waals surface area contributed by atoms with Crippen molar-refractivity contribution in [1.82, 2.24) is 14.8 Å². The summed E-state index contributed by atoms with van der Waals surface area (Å²) >= 11 is 1.50. The minimum absolute atomic E-state index is 0.0515. The second kappa shape index (κ2) is 8.42. The van der Waals surface area contributed by atoms with Gasteiger partial charge in [-0.05, 0) is 36.4 Å². The Balaban J connectivity index is 1.56. The number of primary sulfonamides is 1. The Morgan fingerprint density at radius 1 is 1.15 bits per heavy atom. The van der Waals surface area contributed by atoms with Crippen molar-refractivity contribution in [3.63, 3.8) is 0 Å². The van der Waals surface area contributed by atoms with Crippen LogP contribution in [0.2, 0.25) is 0 Å². The maximum atomic E-state index is 11.2. The van der Waals surface area contributed by atoms with E-state index in [1.165, 1.54) is 23.9 Å². The lowest BCUT2D eigenvalue weighted by molar-refractivity contribution is 0.343. The van der Waals surface area contributed by atoms with Crippen LogP contribution in [0.15, 0.2) is 64.9 Å². The normalized spacial score (nSPS) is 11.3. The van der Waals surface area contributed by atoms with Crippen molar-refractivity contribution in [2.45, 2.75) is 10.1 Å². The first kappa shape index (κ1) is 19.2. The predicted octanol–water partition coefficient (Wildman–Crippen LogP) is 2.09. The lowest BCUT2D eigenvalue weighted by atomic mass is 10.3. The average molecular weight is 406 g/mol. The third-order valence-corrected chi connectivity index (χ3v) is 5.42. The topological polar surface area (TPSA) is 109 Å². The molecule has 3 aromatic rings. The lowest BCUT2D eigenvalue weighted by Crippen LogP contribution is -2.11. The minimum Gasteiger partial charge on any atom is -0.497 e. The summed E-state index contributed by atoms with van der Waals surface area (Å²) in [6, 6.07) is 13.6. The molecule has 1 aromatic heterocycles. The SMILES string of the molecule is COc1cccc(-n2cnnc2SCCOc2ccc(S(N)(=O)=O)cc2)c1. The van der Waals surface area contributed by atoms with E-state index >= 15 is 0 Å². The second-order valence-electron chi connectivity index (χ2n) is 5.40. The molecule has 27 heavy (non-hydrogen) atoms. The van der Waals surface area contributed by atoms with E-state index in [-0.39, 0.29) is 4.90 Å². The zero-order chi connectivity index (χ0) is 19.3. The van der Waals surface area contributed by atoms with E-state index in [4.69, 9.17) is 14.6 Å². The van der Waals surface area contributed by atoms with E-state index in [0.29, 0.717) is 18.1 Å². The zero-order valence-corrected chi connectivity index (χ0v) is 16.1. The van der Waals surface area contributed by atoms with E-state index in [0.717, 1.165) is 16.6 Å². The average Bonchev–Trinajstić information content (AvgIpc) is 3.13. The summed E-state index contributed by atoms with van der Waals surface area (Å²) < 4.78 is 35.2. The van der Waals surface area contributed by atoms with Gasteiger partial charge in [-0.25, -0.2) is 13.6 Å². The van der Waals surface area contributed by atoms with Gasteiger partial charge in [-0.2, -0.15) is 0 Å². The maximum Gasteiger partial charge on any atom is 0.238 e. The monoisotopic (exact) mass is 406 g/mol. The largest absolute Gasteiger partial charge is 0.497 e. The van der Waals surface area contributed by atoms with Crippen LogP contribution in [0, 0.1) is 0 Å². The highest BCUT2D eigenvalue weighted by Gasteiger charge is 2.09. The van der Waals surface area contributed by atoms with Crippen LogP contribution in [0.3, 0.4) is 0 Å². The summed E-state index contributed by atoms with van der Waals surface area (Å²) in [5, 5.41) is 13.9. The van der Waals surface area contributed by atoms with Crippen LogP contribution >= 0.6 is 11.8 Å². The molecule has 0 saturated carbocycles. The fraction of sp³-hybridized carbons (Fsp3) is 0.176. The summed E-state index contributed by atoms with van der Waals surface area (Å²) in [5.41, 5.74) is 0.904. The van der Waals surface area contributed by atoms with Gasteiger partial charge in [0.05, 0.1) is 24.3 Å². The second-order valence-corrected chi connectivity index (χ2v) is 8.02. The molecule has 2 N–H and O–H groups in total. The third kappa shape index (κ3) is 5.00. The third-order valence-electron chi connectivity index (χ3n) is 3.58. The highest BCUT2D eigenvalue weighted by atomic mass is 32.2. The first-order chi connectivity index (χ1) is 13.0. The van der Waals surface area contributed by atoms with E-state index in [9.17, 15) is 8.42 Å². The number of benzene rings is 2. The van der Waals surface area contributed by atoms with E-state index in [1.807, 2.05) is 28.8 Å². The summed E-state index contributed by atoms with van der Waals surface area (Å²) in [4.78, 5) is 0.0515. The van der Waals surface area contributed by atoms with Gasteiger partial charge >= 0.3 is 0 Å². The quantitative estimate of drug-likeness (QED) is 0.451. The Hall–Kier alpha value is -2.56. The highest BCUT2D eigenvalue weighted by molar-refractivity contribution is 7.99. The van der Waals surface area contributed by atoms with Crippen LogP contribution < -0.4 is 14.6 Å². The van der Waals surface area contributed by atoms with Gasteiger partial charge in [0.1, 0.15) is 17.8 Å². The summed E-state index contributed by atoms with van der Waals surface area (Å²) in [6.07, 6.45) is 1.64. The Morgan fingerprint density at radius 2 is 1.93 bits per heavy atom. The molecule has 3 rings (SSSR count). The Morgan fingerprint density at radius 3 is 2.63 bits per heavy atom. The molecule has 0 bridgehead atoms.